The van der Waals surface area contributed by atoms with Crippen molar-refractivity contribution < 1.29 is 28.7 Å². The Hall–Kier alpha value is -2.23. The number of amides is 3. The van der Waals surface area contributed by atoms with Crippen molar-refractivity contribution in [2.45, 2.75) is 26.3 Å². The van der Waals surface area contributed by atoms with Crippen LogP contribution in [0.3, 0.4) is 0 Å². The van der Waals surface area contributed by atoms with E-state index in [0.29, 0.717) is 13.1 Å². The molecule has 2 rings (SSSR count). The van der Waals surface area contributed by atoms with E-state index >= 15 is 0 Å². The minimum Gasteiger partial charge on any atom is -0.463 e. The van der Waals surface area contributed by atoms with Gasteiger partial charge in [-0.25, -0.2) is 9.59 Å². The van der Waals surface area contributed by atoms with Gasteiger partial charge in [-0.2, -0.15) is 0 Å². The molecule has 2 N–H and O–H groups in total. The predicted molar refractivity (Wildman–Crippen MR) is 89.8 cm³/mol. The number of nitrogens with one attached hydrogen (secondary N) is 2. The van der Waals surface area contributed by atoms with E-state index in [2.05, 4.69) is 10.6 Å². The summed E-state index contributed by atoms with van der Waals surface area (Å²) in [5.41, 5.74) is 0.427. The molecular weight excluding hydrogens is 350 g/mol. The molecule has 10 heteroatoms. The van der Waals surface area contributed by atoms with Crippen LogP contribution in [-0.2, 0) is 19.1 Å². The molecule has 0 aromatic rings. The lowest BCUT2D eigenvalue weighted by molar-refractivity contribution is -0.143. The molecule has 1 fully saturated rings. The molecule has 0 radical (unpaired) electrons. The van der Waals surface area contributed by atoms with Crippen LogP contribution in [0.5, 0.6) is 0 Å². The molecule has 1 saturated heterocycles. The van der Waals surface area contributed by atoms with Gasteiger partial charge in [0.1, 0.15) is 6.61 Å². The summed E-state index contributed by atoms with van der Waals surface area (Å²) in [6.45, 7) is 4.18. The maximum absolute atomic E-state index is 12.0. The van der Waals surface area contributed by atoms with Gasteiger partial charge in [-0.1, -0.05) is 11.8 Å². The topological polar surface area (TPSA) is 114 Å². The Labute approximate surface area is 149 Å². The van der Waals surface area contributed by atoms with Crippen LogP contribution in [0, 0.1) is 0 Å². The van der Waals surface area contributed by atoms with Crippen molar-refractivity contribution in [1.82, 2.24) is 15.5 Å². The molecule has 25 heavy (non-hydrogen) atoms. The Kier molecular flexibility index (Phi) is 6.68. The van der Waals surface area contributed by atoms with Gasteiger partial charge < -0.3 is 25.0 Å². The number of nitrogens with zero attached hydrogens (tertiary/aromatic N) is 1. The van der Waals surface area contributed by atoms with Gasteiger partial charge in [-0.15, -0.1) is 0 Å². The lowest BCUT2D eigenvalue weighted by atomic mass is 10.0. The van der Waals surface area contributed by atoms with Gasteiger partial charge in [-0.3, -0.25) is 9.59 Å². The number of carbonyl (C=O) groups excluding carboxylic acids is 4. The Morgan fingerprint density at radius 2 is 2.08 bits per heavy atom. The van der Waals surface area contributed by atoms with Crippen molar-refractivity contribution in [2.75, 3.05) is 32.1 Å². The minimum absolute atomic E-state index is 0.0421. The van der Waals surface area contributed by atoms with Crippen molar-refractivity contribution in [2.24, 2.45) is 0 Å². The Morgan fingerprint density at radius 3 is 2.72 bits per heavy atom. The molecule has 0 aliphatic carbocycles. The van der Waals surface area contributed by atoms with Crippen molar-refractivity contribution >= 4 is 35.0 Å². The normalized spacial score (nSPS) is 20.2. The first-order chi connectivity index (χ1) is 11.9. The second-order valence-electron chi connectivity index (χ2n) is 5.44. The van der Waals surface area contributed by atoms with Gasteiger partial charge in [-0.05, 0) is 13.8 Å². The largest absolute Gasteiger partial charge is 0.463 e. The van der Waals surface area contributed by atoms with Crippen molar-refractivity contribution in [3.8, 4) is 0 Å². The molecule has 0 aromatic heterocycles. The molecule has 9 nitrogen and oxygen atoms in total. The molecular formula is C15H21N3O6S. The van der Waals surface area contributed by atoms with Crippen LogP contribution in [0.1, 0.15) is 20.3 Å². The maximum Gasteiger partial charge on any atom is 0.338 e. The van der Waals surface area contributed by atoms with Crippen LogP contribution in [0.25, 0.3) is 0 Å². The van der Waals surface area contributed by atoms with E-state index in [1.165, 1.54) is 11.8 Å². The number of rotatable bonds is 7. The highest BCUT2D eigenvalue weighted by molar-refractivity contribution is 8.13. The van der Waals surface area contributed by atoms with Crippen molar-refractivity contribution in [3.63, 3.8) is 0 Å². The Balaban J connectivity index is 1.93. The first kappa shape index (κ1) is 19.1. The van der Waals surface area contributed by atoms with Crippen LogP contribution in [0.4, 0.5) is 9.59 Å². The van der Waals surface area contributed by atoms with E-state index in [-0.39, 0.29) is 36.1 Å². The van der Waals surface area contributed by atoms with Gasteiger partial charge in [0, 0.05) is 18.8 Å². The number of ether oxygens (including phenoxy) is 2. The van der Waals surface area contributed by atoms with Crippen molar-refractivity contribution in [1.29, 1.82) is 0 Å². The molecule has 2 aliphatic rings. The smallest absolute Gasteiger partial charge is 0.338 e. The zero-order chi connectivity index (χ0) is 18.4. The molecule has 0 spiro atoms. The van der Waals surface area contributed by atoms with Crippen LogP contribution in [0.2, 0.25) is 0 Å². The van der Waals surface area contributed by atoms with E-state index in [1.807, 2.05) is 0 Å². The second-order valence-corrected chi connectivity index (χ2v) is 6.49. The molecule has 3 amide bonds. The molecule has 1 atom stereocenters. The van der Waals surface area contributed by atoms with Gasteiger partial charge in [0.25, 0.3) is 5.24 Å². The summed E-state index contributed by atoms with van der Waals surface area (Å²) in [5.74, 6) is -0.366. The highest BCUT2D eigenvalue weighted by atomic mass is 32.2. The summed E-state index contributed by atoms with van der Waals surface area (Å²) < 4.78 is 10.1. The monoisotopic (exact) mass is 371 g/mol. The van der Waals surface area contributed by atoms with Gasteiger partial charge in [0.15, 0.2) is 0 Å². The molecule has 0 saturated carbocycles. The number of hydrogen-bond donors (Lipinski definition) is 2. The van der Waals surface area contributed by atoms with Crippen LogP contribution < -0.4 is 10.6 Å². The zero-order valence-corrected chi connectivity index (χ0v) is 14.9. The second kappa shape index (κ2) is 8.75. The minimum atomic E-state index is -0.576. The van der Waals surface area contributed by atoms with Crippen LogP contribution >= 0.6 is 11.8 Å². The first-order valence-electron chi connectivity index (χ1n) is 7.97. The number of urea groups is 1. The fourth-order valence-electron chi connectivity index (χ4n) is 2.47. The average molecular weight is 371 g/mol. The third-order valence-electron chi connectivity index (χ3n) is 3.67. The summed E-state index contributed by atoms with van der Waals surface area (Å²) in [6, 6.07) is -1.04. The van der Waals surface area contributed by atoms with Crippen LogP contribution in [0.15, 0.2) is 11.3 Å². The molecule has 2 heterocycles. The number of hydrogen-bond acceptors (Lipinski definition) is 7. The highest BCUT2D eigenvalue weighted by Gasteiger charge is 2.30. The lowest BCUT2D eigenvalue weighted by Gasteiger charge is -2.26. The predicted octanol–water partition coefficient (Wildman–Crippen LogP) is 0.607. The fourth-order valence-corrected chi connectivity index (χ4v) is 3.32. The highest BCUT2D eigenvalue weighted by Crippen LogP contribution is 2.18. The summed E-state index contributed by atoms with van der Waals surface area (Å²) >= 11 is 1.22. The van der Waals surface area contributed by atoms with Gasteiger partial charge in [0.05, 0.1) is 30.3 Å². The summed E-state index contributed by atoms with van der Waals surface area (Å²) in [6.07, 6.45) is 0.0517. The zero-order valence-electron chi connectivity index (χ0n) is 14.1. The van der Waals surface area contributed by atoms with E-state index < -0.39 is 24.0 Å². The summed E-state index contributed by atoms with van der Waals surface area (Å²) in [4.78, 5) is 48.6. The fraction of sp³-hybridized carbons (Fsp3) is 0.600. The van der Waals surface area contributed by atoms with Gasteiger partial charge in [0.2, 0.25) is 0 Å². The third kappa shape index (κ3) is 5.12. The van der Waals surface area contributed by atoms with Gasteiger partial charge >= 0.3 is 18.0 Å². The van der Waals surface area contributed by atoms with E-state index in [0.717, 1.165) is 5.75 Å². The third-order valence-corrected chi connectivity index (χ3v) is 4.57. The SMILES string of the molecule is CCOC(=O)C1=C(COC(=O)CCN2CCSC2=O)NC(=O)NC1C. The number of thioether (sulfide) groups is 1. The standard InChI is InChI=1S/C15H21N3O6S/c1-3-23-13(20)12-9(2)16-14(21)17-10(12)8-24-11(19)4-5-18-6-7-25-15(18)22/h9H,3-8H2,1-2H3,(H2,16,17,21). The summed E-state index contributed by atoms with van der Waals surface area (Å²) in [5, 5.41) is 5.00. The molecule has 0 bridgehead atoms. The summed E-state index contributed by atoms with van der Waals surface area (Å²) in [7, 11) is 0. The van der Waals surface area contributed by atoms with Crippen LogP contribution in [-0.4, -0.2) is 66.2 Å². The quantitative estimate of drug-likeness (QED) is 0.630. The van der Waals surface area contributed by atoms with E-state index in [9.17, 15) is 19.2 Å². The number of carbonyl (C=O) groups is 4. The Morgan fingerprint density at radius 1 is 1.32 bits per heavy atom. The molecule has 2 aliphatic heterocycles. The average Bonchev–Trinajstić information content (AvgIpc) is 2.95. The Bertz CT molecular complexity index is 606. The molecule has 0 aromatic carbocycles. The van der Waals surface area contributed by atoms with Crippen molar-refractivity contribution in [3.05, 3.63) is 11.3 Å². The van der Waals surface area contributed by atoms with E-state index in [4.69, 9.17) is 9.47 Å². The number of esters is 2. The van der Waals surface area contributed by atoms with E-state index in [1.54, 1.807) is 18.7 Å². The maximum atomic E-state index is 12.0. The first-order valence-corrected chi connectivity index (χ1v) is 8.96. The lowest BCUT2D eigenvalue weighted by Crippen LogP contribution is -2.50. The molecule has 138 valence electrons. The molecule has 1 unspecified atom stereocenters.